The molecule has 0 aliphatic carbocycles. The van der Waals surface area contributed by atoms with Crippen molar-refractivity contribution in [1.29, 1.82) is 0 Å². The third kappa shape index (κ3) is 4.13. The topological polar surface area (TPSA) is 45.2 Å². The van der Waals surface area contributed by atoms with Gasteiger partial charge in [0.05, 0.1) is 11.2 Å². The Morgan fingerprint density at radius 2 is 2.11 bits per heavy atom. The minimum absolute atomic E-state index is 0.223. The first-order valence-corrected chi connectivity index (χ1v) is 7.44. The smallest absolute Gasteiger partial charge is 0.0798 e. The molecule has 1 aromatic carbocycles. The van der Waals surface area contributed by atoms with Crippen LogP contribution in [-0.4, -0.2) is 23.2 Å². The maximum atomic E-state index is 9.19. The summed E-state index contributed by atoms with van der Waals surface area (Å²) < 4.78 is 0. The summed E-state index contributed by atoms with van der Waals surface area (Å²) in [5.74, 6) is 0.361. The van der Waals surface area contributed by atoms with Crippen molar-refractivity contribution in [3.63, 3.8) is 0 Å². The van der Waals surface area contributed by atoms with Gasteiger partial charge in [-0.25, -0.2) is 4.98 Å². The van der Waals surface area contributed by atoms with E-state index < -0.39 is 0 Å². The quantitative estimate of drug-likeness (QED) is 0.817. The van der Waals surface area contributed by atoms with Crippen LogP contribution in [0.5, 0.6) is 0 Å². The zero-order chi connectivity index (χ0) is 13.5. The number of rotatable bonds is 7. The van der Waals surface area contributed by atoms with Crippen molar-refractivity contribution in [1.82, 2.24) is 10.3 Å². The highest BCUT2D eigenvalue weighted by atomic mass is 32.1. The predicted molar refractivity (Wildman–Crippen MR) is 79.4 cm³/mol. The van der Waals surface area contributed by atoms with Crippen molar-refractivity contribution >= 4 is 11.3 Å². The van der Waals surface area contributed by atoms with Crippen LogP contribution in [0.25, 0.3) is 0 Å². The fourth-order valence-corrected chi connectivity index (χ4v) is 2.87. The lowest BCUT2D eigenvalue weighted by molar-refractivity contribution is 0.273. The number of hydrogen-bond acceptors (Lipinski definition) is 4. The first kappa shape index (κ1) is 14.2. The van der Waals surface area contributed by atoms with E-state index in [0.29, 0.717) is 5.92 Å². The van der Waals surface area contributed by atoms with Gasteiger partial charge in [-0.3, -0.25) is 0 Å². The zero-order valence-electron chi connectivity index (χ0n) is 11.2. The van der Waals surface area contributed by atoms with Gasteiger partial charge in [-0.2, -0.15) is 0 Å². The Bertz CT molecular complexity index is 484. The maximum Gasteiger partial charge on any atom is 0.0798 e. The van der Waals surface area contributed by atoms with Gasteiger partial charge < -0.3 is 10.4 Å². The minimum atomic E-state index is 0.223. The molecule has 2 aromatic rings. The molecule has 0 bridgehead atoms. The summed E-state index contributed by atoms with van der Waals surface area (Å²) in [6, 6.07) is 10.4. The number of nitrogens with one attached hydrogen (secondary N) is 1. The number of aliphatic hydroxyl groups excluding tert-OH is 1. The number of aromatic nitrogens is 1. The van der Waals surface area contributed by atoms with E-state index in [9.17, 15) is 5.11 Å². The number of hydrogen-bond donors (Lipinski definition) is 2. The van der Waals surface area contributed by atoms with Crippen LogP contribution in [0.15, 0.2) is 35.8 Å². The molecule has 0 radical (unpaired) electrons. The SMILES string of the molecule is Cc1ncsc1CNCC(CCO)c1ccccc1. The summed E-state index contributed by atoms with van der Waals surface area (Å²) in [5, 5.41) is 12.7. The van der Waals surface area contributed by atoms with Crippen molar-refractivity contribution in [2.24, 2.45) is 0 Å². The molecule has 19 heavy (non-hydrogen) atoms. The summed E-state index contributed by atoms with van der Waals surface area (Å²) in [5.41, 5.74) is 4.27. The molecule has 0 saturated carbocycles. The normalized spacial score (nSPS) is 12.5. The molecule has 0 aliphatic heterocycles. The first-order valence-electron chi connectivity index (χ1n) is 6.56. The lowest BCUT2D eigenvalue weighted by atomic mass is 9.96. The van der Waals surface area contributed by atoms with Crippen molar-refractivity contribution in [2.75, 3.05) is 13.2 Å². The Balaban J connectivity index is 1.89. The Morgan fingerprint density at radius 3 is 2.74 bits per heavy atom. The van der Waals surface area contributed by atoms with E-state index in [0.717, 1.165) is 25.2 Å². The molecular formula is C15H20N2OS. The van der Waals surface area contributed by atoms with E-state index in [1.54, 1.807) is 11.3 Å². The van der Waals surface area contributed by atoms with Crippen LogP contribution < -0.4 is 5.32 Å². The molecule has 0 spiro atoms. The summed E-state index contributed by atoms with van der Waals surface area (Å²) >= 11 is 1.69. The van der Waals surface area contributed by atoms with Crippen molar-refractivity contribution < 1.29 is 5.11 Å². The van der Waals surface area contributed by atoms with Gasteiger partial charge in [-0.05, 0) is 24.8 Å². The fraction of sp³-hybridized carbons (Fsp3) is 0.400. The Morgan fingerprint density at radius 1 is 1.32 bits per heavy atom. The third-order valence-corrected chi connectivity index (χ3v) is 4.20. The molecule has 2 rings (SSSR count). The molecule has 4 heteroatoms. The van der Waals surface area contributed by atoms with Crippen LogP contribution in [0, 0.1) is 6.92 Å². The van der Waals surface area contributed by atoms with Crippen molar-refractivity contribution in [3.8, 4) is 0 Å². The highest BCUT2D eigenvalue weighted by Gasteiger charge is 2.10. The molecule has 1 heterocycles. The summed E-state index contributed by atoms with van der Waals surface area (Å²) in [7, 11) is 0. The van der Waals surface area contributed by atoms with Crippen molar-refractivity contribution in [2.45, 2.75) is 25.8 Å². The first-order chi connectivity index (χ1) is 9.31. The second-order valence-corrected chi connectivity index (χ2v) is 5.55. The molecule has 102 valence electrons. The van der Waals surface area contributed by atoms with Crippen LogP contribution in [-0.2, 0) is 6.54 Å². The van der Waals surface area contributed by atoms with Crippen LogP contribution in [0.4, 0.5) is 0 Å². The Hall–Kier alpha value is -1.23. The zero-order valence-corrected chi connectivity index (χ0v) is 12.0. The number of aryl methyl sites for hydroxylation is 1. The van der Waals surface area contributed by atoms with Gasteiger partial charge in [0.1, 0.15) is 0 Å². The minimum Gasteiger partial charge on any atom is -0.396 e. The van der Waals surface area contributed by atoms with Crippen LogP contribution in [0.3, 0.4) is 0 Å². The third-order valence-electron chi connectivity index (χ3n) is 3.27. The van der Waals surface area contributed by atoms with Crippen molar-refractivity contribution in [3.05, 3.63) is 52.0 Å². The predicted octanol–water partition coefficient (Wildman–Crippen LogP) is 2.71. The summed E-state index contributed by atoms with van der Waals surface area (Å²) in [6.45, 7) is 3.99. The van der Waals surface area contributed by atoms with Gasteiger partial charge in [-0.15, -0.1) is 11.3 Å². The van der Waals surface area contributed by atoms with E-state index in [1.165, 1.54) is 10.4 Å². The van der Waals surface area contributed by atoms with Gasteiger partial charge in [0, 0.05) is 24.6 Å². The average molecular weight is 276 g/mol. The highest BCUT2D eigenvalue weighted by molar-refractivity contribution is 7.09. The van der Waals surface area contributed by atoms with Gasteiger partial charge in [-0.1, -0.05) is 30.3 Å². The molecule has 0 fully saturated rings. The molecule has 3 nitrogen and oxygen atoms in total. The Kier molecular flexibility index (Phi) is 5.51. The van der Waals surface area contributed by atoms with Crippen LogP contribution in [0.2, 0.25) is 0 Å². The summed E-state index contributed by atoms with van der Waals surface area (Å²) in [6.07, 6.45) is 0.790. The van der Waals surface area contributed by atoms with Gasteiger partial charge in [0.25, 0.3) is 0 Å². The standard InChI is InChI=1S/C15H20N2OS/c1-12-15(19-11-17-12)10-16-9-14(7-8-18)13-5-3-2-4-6-13/h2-6,11,14,16,18H,7-10H2,1H3. The monoisotopic (exact) mass is 276 g/mol. The maximum absolute atomic E-state index is 9.19. The highest BCUT2D eigenvalue weighted by Crippen LogP contribution is 2.19. The number of benzene rings is 1. The molecule has 0 saturated heterocycles. The number of thiazole rings is 1. The molecular weight excluding hydrogens is 256 g/mol. The molecule has 1 aromatic heterocycles. The molecule has 0 amide bonds. The molecule has 2 N–H and O–H groups in total. The lowest BCUT2D eigenvalue weighted by Crippen LogP contribution is -2.22. The second kappa shape index (κ2) is 7.38. The van der Waals surface area contributed by atoms with E-state index >= 15 is 0 Å². The van der Waals surface area contributed by atoms with E-state index in [1.807, 2.05) is 30.6 Å². The van der Waals surface area contributed by atoms with E-state index in [-0.39, 0.29) is 6.61 Å². The van der Waals surface area contributed by atoms with Gasteiger partial charge in [0.15, 0.2) is 0 Å². The largest absolute Gasteiger partial charge is 0.396 e. The fourth-order valence-electron chi connectivity index (χ4n) is 2.12. The lowest BCUT2D eigenvalue weighted by Gasteiger charge is -2.17. The van der Waals surface area contributed by atoms with Gasteiger partial charge >= 0.3 is 0 Å². The van der Waals surface area contributed by atoms with Crippen LogP contribution in [0.1, 0.15) is 28.5 Å². The molecule has 0 aliphatic rings. The van der Waals surface area contributed by atoms with E-state index in [4.69, 9.17) is 0 Å². The second-order valence-electron chi connectivity index (χ2n) is 4.61. The Labute approximate surface area is 118 Å². The van der Waals surface area contributed by atoms with Crippen LogP contribution >= 0.6 is 11.3 Å². The molecule has 1 atom stereocenters. The number of aliphatic hydroxyl groups is 1. The number of nitrogens with zero attached hydrogens (tertiary/aromatic N) is 1. The van der Waals surface area contributed by atoms with Gasteiger partial charge in [0.2, 0.25) is 0 Å². The molecule has 1 unspecified atom stereocenters. The van der Waals surface area contributed by atoms with E-state index in [2.05, 4.69) is 22.4 Å². The average Bonchev–Trinajstić information content (AvgIpc) is 2.84. The summed E-state index contributed by atoms with van der Waals surface area (Å²) in [4.78, 5) is 5.54.